The molecule has 9 nitrogen and oxygen atoms in total. The molecule has 0 aromatic carbocycles. The van der Waals surface area contributed by atoms with Crippen LogP contribution in [0.15, 0.2) is 23.8 Å². The molecule has 2 aliphatic rings. The van der Waals surface area contributed by atoms with Crippen LogP contribution in [0.25, 0.3) is 0 Å². The summed E-state index contributed by atoms with van der Waals surface area (Å²) in [7, 11) is 1.16. The van der Waals surface area contributed by atoms with Crippen LogP contribution >= 0.6 is 0 Å². The Bertz CT molecular complexity index is 799. The van der Waals surface area contributed by atoms with Crippen molar-refractivity contribution in [2.24, 2.45) is 17.3 Å². The van der Waals surface area contributed by atoms with E-state index < -0.39 is 53.5 Å². The Morgan fingerprint density at radius 1 is 1.23 bits per heavy atom. The standard InChI is InChI=1S/C22H30O9/c1-11(8-9-30-13(3)23)20(27)31-15-10-22(4)16(25)7-6-14(24)18(22)19(26)17(15)12(2)21(28)29-5/h8,15-19,25-26H,2,6-7,9-10H2,1,3-5H3/b11-8-/t15-,16+,17+,18+,19+,22+/m0/s1. The third-order valence-electron chi connectivity index (χ3n) is 6.34. The van der Waals surface area contributed by atoms with Crippen molar-refractivity contribution in [1.29, 1.82) is 0 Å². The quantitative estimate of drug-likeness (QED) is 0.351. The Balaban J connectivity index is 2.35. The van der Waals surface area contributed by atoms with Gasteiger partial charge < -0.3 is 24.4 Å². The van der Waals surface area contributed by atoms with Crippen molar-refractivity contribution in [2.45, 2.75) is 58.3 Å². The number of ether oxygens (including phenoxy) is 3. The van der Waals surface area contributed by atoms with Gasteiger partial charge in [0, 0.05) is 29.9 Å². The molecule has 172 valence electrons. The Morgan fingerprint density at radius 3 is 2.45 bits per heavy atom. The first kappa shape index (κ1) is 24.7. The van der Waals surface area contributed by atoms with E-state index in [1.165, 1.54) is 19.9 Å². The smallest absolute Gasteiger partial charge is 0.333 e. The molecule has 31 heavy (non-hydrogen) atoms. The average Bonchev–Trinajstić information content (AvgIpc) is 2.69. The van der Waals surface area contributed by atoms with E-state index in [2.05, 4.69) is 6.58 Å². The maximum absolute atomic E-state index is 12.6. The van der Waals surface area contributed by atoms with Crippen molar-refractivity contribution < 1.29 is 43.6 Å². The summed E-state index contributed by atoms with van der Waals surface area (Å²) in [5.41, 5.74) is -1.00. The maximum Gasteiger partial charge on any atom is 0.333 e. The summed E-state index contributed by atoms with van der Waals surface area (Å²) < 4.78 is 15.1. The number of hydrogen-bond donors (Lipinski definition) is 2. The minimum atomic E-state index is -1.39. The van der Waals surface area contributed by atoms with E-state index >= 15 is 0 Å². The number of aliphatic hydroxyl groups excluding tert-OH is 2. The Labute approximate surface area is 181 Å². The fourth-order valence-electron chi connectivity index (χ4n) is 4.58. The molecule has 0 radical (unpaired) electrons. The SMILES string of the molecule is C=C(C(=O)OC)[C@H]1[C@@H](O)[C@H]2C(=O)CC[C@@H](O)[C@@]2(C)C[C@@H]1OC(=O)/C(C)=C\COC(C)=O. The van der Waals surface area contributed by atoms with Gasteiger partial charge in [-0.05, 0) is 25.8 Å². The van der Waals surface area contributed by atoms with Gasteiger partial charge in [-0.1, -0.05) is 13.5 Å². The van der Waals surface area contributed by atoms with Crippen LogP contribution in [0, 0.1) is 17.3 Å². The lowest BCUT2D eigenvalue weighted by atomic mass is 9.53. The van der Waals surface area contributed by atoms with E-state index in [0.717, 1.165) is 7.11 Å². The van der Waals surface area contributed by atoms with E-state index in [9.17, 15) is 29.4 Å². The molecule has 2 aliphatic carbocycles. The lowest BCUT2D eigenvalue weighted by Crippen LogP contribution is -2.62. The molecular weight excluding hydrogens is 408 g/mol. The Morgan fingerprint density at radius 2 is 1.87 bits per heavy atom. The first-order chi connectivity index (χ1) is 14.4. The van der Waals surface area contributed by atoms with Crippen molar-refractivity contribution in [3.05, 3.63) is 23.8 Å². The minimum absolute atomic E-state index is 0.0469. The highest BCUT2D eigenvalue weighted by atomic mass is 16.5. The summed E-state index contributed by atoms with van der Waals surface area (Å²) >= 11 is 0. The predicted octanol–water partition coefficient (Wildman–Crippen LogP) is 0.864. The second-order valence-corrected chi connectivity index (χ2v) is 8.38. The highest BCUT2D eigenvalue weighted by molar-refractivity contribution is 5.90. The largest absolute Gasteiger partial charge is 0.466 e. The summed E-state index contributed by atoms with van der Waals surface area (Å²) in [6.45, 7) is 7.97. The van der Waals surface area contributed by atoms with Crippen LogP contribution in [0.2, 0.25) is 0 Å². The molecule has 2 fully saturated rings. The number of Topliss-reactive ketones (excluding diaryl/α,β-unsaturated/α-hetero) is 1. The van der Waals surface area contributed by atoms with Gasteiger partial charge in [-0.3, -0.25) is 9.59 Å². The van der Waals surface area contributed by atoms with Gasteiger partial charge in [0.2, 0.25) is 0 Å². The molecule has 0 saturated heterocycles. The monoisotopic (exact) mass is 438 g/mol. The fraction of sp³-hybridized carbons (Fsp3) is 0.636. The van der Waals surface area contributed by atoms with Crippen molar-refractivity contribution in [2.75, 3.05) is 13.7 Å². The van der Waals surface area contributed by atoms with Crippen LogP contribution in [0.1, 0.15) is 40.0 Å². The molecule has 0 amide bonds. The predicted molar refractivity (Wildman–Crippen MR) is 107 cm³/mol. The number of rotatable bonds is 6. The third-order valence-corrected chi connectivity index (χ3v) is 6.34. The van der Waals surface area contributed by atoms with Crippen molar-refractivity contribution >= 4 is 23.7 Å². The third kappa shape index (κ3) is 5.04. The second-order valence-electron chi connectivity index (χ2n) is 8.38. The van der Waals surface area contributed by atoms with Crippen LogP contribution in [0.4, 0.5) is 0 Å². The summed E-state index contributed by atoms with van der Waals surface area (Å²) in [6.07, 6.45) is -1.55. The summed E-state index contributed by atoms with van der Waals surface area (Å²) in [5.74, 6) is -4.27. The van der Waals surface area contributed by atoms with Gasteiger partial charge in [-0.25, -0.2) is 9.59 Å². The van der Waals surface area contributed by atoms with Gasteiger partial charge in [-0.15, -0.1) is 0 Å². The van der Waals surface area contributed by atoms with Crippen LogP contribution in [0.5, 0.6) is 0 Å². The summed E-state index contributed by atoms with van der Waals surface area (Å²) in [4.78, 5) is 48.3. The van der Waals surface area contributed by atoms with Gasteiger partial charge in [0.1, 0.15) is 18.5 Å². The Kier molecular flexibility index (Phi) is 7.77. The highest BCUT2D eigenvalue weighted by Crippen LogP contribution is 2.52. The number of esters is 3. The molecule has 0 unspecified atom stereocenters. The number of methoxy groups -OCH3 is 1. The first-order valence-corrected chi connectivity index (χ1v) is 10.1. The molecule has 0 heterocycles. The molecule has 0 spiro atoms. The number of hydrogen-bond acceptors (Lipinski definition) is 9. The van der Waals surface area contributed by atoms with E-state index in [-0.39, 0.29) is 42.8 Å². The number of aliphatic hydroxyl groups is 2. The molecule has 2 saturated carbocycles. The van der Waals surface area contributed by atoms with Crippen LogP contribution < -0.4 is 0 Å². The molecule has 2 rings (SSSR count). The topological polar surface area (TPSA) is 136 Å². The average molecular weight is 438 g/mol. The number of fused-ring (bicyclic) bond motifs is 1. The molecule has 0 bridgehead atoms. The lowest BCUT2D eigenvalue weighted by molar-refractivity contribution is -0.189. The van der Waals surface area contributed by atoms with Crippen molar-refractivity contribution in [3.8, 4) is 0 Å². The molecule has 9 heteroatoms. The summed E-state index contributed by atoms with van der Waals surface area (Å²) in [6, 6.07) is 0. The van der Waals surface area contributed by atoms with Crippen molar-refractivity contribution in [1.82, 2.24) is 0 Å². The lowest BCUT2D eigenvalue weighted by Gasteiger charge is -2.54. The van der Waals surface area contributed by atoms with E-state index in [1.54, 1.807) is 6.92 Å². The molecule has 6 atom stereocenters. The highest BCUT2D eigenvalue weighted by Gasteiger charge is 2.60. The molecular formula is C22H30O9. The zero-order chi connectivity index (χ0) is 23.5. The van der Waals surface area contributed by atoms with Crippen LogP contribution in [0.3, 0.4) is 0 Å². The summed E-state index contributed by atoms with van der Waals surface area (Å²) in [5, 5.41) is 21.7. The van der Waals surface area contributed by atoms with Gasteiger partial charge in [-0.2, -0.15) is 0 Å². The van der Waals surface area contributed by atoms with Gasteiger partial charge in [0.25, 0.3) is 0 Å². The number of carbonyl (C=O) groups is 4. The fourth-order valence-corrected chi connectivity index (χ4v) is 4.58. The number of carbonyl (C=O) groups excluding carboxylic acids is 4. The number of ketones is 1. The molecule has 0 aromatic rings. The zero-order valence-corrected chi connectivity index (χ0v) is 18.3. The van der Waals surface area contributed by atoms with Crippen LogP contribution in [-0.2, 0) is 33.4 Å². The minimum Gasteiger partial charge on any atom is -0.466 e. The van der Waals surface area contributed by atoms with Crippen LogP contribution in [-0.4, -0.2) is 65.9 Å². The van der Waals surface area contributed by atoms with Gasteiger partial charge >= 0.3 is 17.9 Å². The van der Waals surface area contributed by atoms with E-state index in [1.807, 2.05) is 0 Å². The van der Waals surface area contributed by atoms with Gasteiger partial charge in [0.05, 0.1) is 31.2 Å². The second kappa shape index (κ2) is 9.74. The maximum atomic E-state index is 12.6. The molecule has 0 aliphatic heterocycles. The Hall–Kier alpha value is -2.52. The first-order valence-electron chi connectivity index (χ1n) is 10.1. The van der Waals surface area contributed by atoms with Crippen molar-refractivity contribution in [3.63, 3.8) is 0 Å². The van der Waals surface area contributed by atoms with E-state index in [0.29, 0.717) is 0 Å². The molecule has 0 aromatic heterocycles. The molecule has 2 N–H and O–H groups in total. The normalized spacial score (nSPS) is 33.2. The zero-order valence-electron chi connectivity index (χ0n) is 18.3. The van der Waals surface area contributed by atoms with E-state index in [4.69, 9.17) is 14.2 Å². The van der Waals surface area contributed by atoms with Gasteiger partial charge in [0.15, 0.2) is 0 Å².